The first kappa shape index (κ1) is 15.4. The predicted octanol–water partition coefficient (Wildman–Crippen LogP) is 1.08. The van der Waals surface area contributed by atoms with Crippen molar-refractivity contribution in [3.05, 3.63) is 23.4 Å². The highest BCUT2D eigenvalue weighted by molar-refractivity contribution is 5.94. The van der Waals surface area contributed by atoms with Crippen LogP contribution in [0.15, 0.2) is 12.1 Å². The van der Waals surface area contributed by atoms with Crippen LogP contribution in [0.1, 0.15) is 36.8 Å². The lowest BCUT2D eigenvalue weighted by Crippen LogP contribution is -2.28. The van der Waals surface area contributed by atoms with Gasteiger partial charge in [0.15, 0.2) is 0 Å². The Hall–Kier alpha value is -1.66. The van der Waals surface area contributed by atoms with E-state index in [2.05, 4.69) is 15.7 Å². The molecule has 0 aliphatic carbocycles. The SMILES string of the molecule is CCc1cc(C(=O)NCCOC(C)C)cc(NN)n1. The minimum absolute atomic E-state index is 0.152. The molecule has 0 atom stereocenters. The molecule has 0 saturated carbocycles. The maximum absolute atomic E-state index is 12.0. The molecule has 106 valence electrons. The molecule has 0 unspecified atom stereocenters. The number of carbonyl (C=O) groups excluding carboxylic acids is 1. The Morgan fingerprint density at radius 2 is 2.21 bits per heavy atom. The monoisotopic (exact) mass is 266 g/mol. The normalized spacial score (nSPS) is 10.6. The molecule has 1 aromatic heterocycles. The van der Waals surface area contributed by atoms with Crippen molar-refractivity contribution in [3.63, 3.8) is 0 Å². The summed E-state index contributed by atoms with van der Waals surface area (Å²) in [6.45, 7) is 6.86. The Bertz CT molecular complexity index is 399. The van der Waals surface area contributed by atoms with E-state index < -0.39 is 0 Å². The predicted molar refractivity (Wildman–Crippen MR) is 74.8 cm³/mol. The van der Waals surface area contributed by atoms with Crippen LogP contribution in [0.2, 0.25) is 0 Å². The molecular weight excluding hydrogens is 244 g/mol. The van der Waals surface area contributed by atoms with Gasteiger partial charge in [-0.25, -0.2) is 10.8 Å². The fraction of sp³-hybridized carbons (Fsp3) is 0.538. The van der Waals surface area contributed by atoms with E-state index in [1.807, 2.05) is 20.8 Å². The fourth-order valence-electron chi connectivity index (χ4n) is 1.54. The van der Waals surface area contributed by atoms with Gasteiger partial charge in [-0.1, -0.05) is 6.92 Å². The molecule has 0 spiro atoms. The third-order valence-corrected chi connectivity index (χ3v) is 2.49. The van der Waals surface area contributed by atoms with E-state index in [1.54, 1.807) is 12.1 Å². The van der Waals surface area contributed by atoms with E-state index in [4.69, 9.17) is 10.6 Å². The van der Waals surface area contributed by atoms with E-state index in [0.29, 0.717) is 24.5 Å². The van der Waals surface area contributed by atoms with Crippen molar-refractivity contribution in [2.24, 2.45) is 5.84 Å². The van der Waals surface area contributed by atoms with Crippen molar-refractivity contribution < 1.29 is 9.53 Å². The fourth-order valence-corrected chi connectivity index (χ4v) is 1.54. The second-order valence-electron chi connectivity index (χ2n) is 4.41. The van der Waals surface area contributed by atoms with Crippen LogP contribution in [0, 0.1) is 0 Å². The number of rotatable bonds is 7. The van der Waals surface area contributed by atoms with Crippen LogP contribution >= 0.6 is 0 Å². The summed E-state index contributed by atoms with van der Waals surface area (Å²) in [5.41, 5.74) is 3.83. The number of hydrazine groups is 1. The van der Waals surface area contributed by atoms with Gasteiger partial charge in [-0.2, -0.15) is 0 Å². The van der Waals surface area contributed by atoms with Gasteiger partial charge in [0.05, 0.1) is 12.7 Å². The molecule has 6 nitrogen and oxygen atoms in total. The molecule has 0 aromatic carbocycles. The Morgan fingerprint density at radius 1 is 1.47 bits per heavy atom. The number of pyridine rings is 1. The number of ether oxygens (including phenoxy) is 1. The molecule has 0 aliphatic heterocycles. The maximum Gasteiger partial charge on any atom is 0.251 e. The van der Waals surface area contributed by atoms with Gasteiger partial charge in [0.2, 0.25) is 0 Å². The second kappa shape index (κ2) is 7.70. The molecule has 0 fully saturated rings. The van der Waals surface area contributed by atoms with Crippen LogP contribution in [-0.2, 0) is 11.2 Å². The van der Waals surface area contributed by atoms with Crippen molar-refractivity contribution in [1.82, 2.24) is 10.3 Å². The lowest BCUT2D eigenvalue weighted by atomic mass is 10.2. The topological polar surface area (TPSA) is 89.3 Å². The first-order chi connectivity index (χ1) is 9.06. The Balaban J connectivity index is 2.60. The molecule has 1 rings (SSSR count). The van der Waals surface area contributed by atoms with Crippen LogP contribution in [0.5, 0.6) is 0 Å². The largest absolute Gasteiger partial charge is 0.377 e. The first-order valence-corrected chi connectivity index (χ1v) is 6.44. The van der Waals surface area contributed by atoms with Gasteiger partial charge in [-0.15, -0.1) is 0 Å². The summed E-state index contributed by atoms with van der Waals surface area (Å²) in [7, 11) is 0. The van der Waals surface area contributed by atoms with Crippen LogP contribution in [0.25, 0.3) is 0 Å². The molecule has 19 heavy (non-hydrogen) atoms. The van der Waals surface area contributed by atoms with E-state index in [0.717, 1.165) is 12.1 Å². The second-order valence-corrected chi connectivity index (χ2v) is 4.41. The molecule has 0 aliphatic rings. The van der Waals surface area contributed by atoms with Crippen LogP contribution in [0.4, 0.5) is 5.82 Å². The van der Waals surface area contributed by atoms with Crippen LogP contribution in [0.3, 0.4) is 0 Å². The molecule has 0 bridgehead atoms. The molecule has 6 heteroatoms. The van der Waals surface area contributed by atoms with E-state index >= 15 is 0 Å². The van der Waals surface area contributed by atoms with Crippen molar-refractivity contribution in [3.8, 4) is 0 Å². The molecule has 4 N–H and O–H groups in total. The zero-order valence-electron chi connectivity index (χ0n) is 11.7. The van der Waals surface area contributed by atoms with Gasteiger partial charge in [0.1, 0.15) is 5.82 Å². The zero-order valence-corrected chi connectivity index (χ0v) is 11.7. The van der Waals surface area contributed by atoms with Crippen molar-refractivity contribution in [2.45, 2.75) is 33.3 Å². The van der Waals surface area contributed by atoms with Gasteiger partial charge < -0.3 is 15.5 Å². The number of nitrogens with zero attached hydrogens (tertiary/aromatic N) is 1. The smallest absolute Gasteiger partial charge is 0.251 e. The number of aryl methyl sites for hydroxylation is 1. The third kappa shape index (κ3) is 5.23. The Kier molecular flexibility index (Phi) is 6.24. The average Bonchev–Trinajstić information content (AvgIpc) is 2.42. The van der Waals surface area contributed by atoms with E-state index in [1.165, 1.54) is 0 Å². The molecule has 0 saturated heterocycles. The quantitative estimate of drug-likeness (QED) is 0.390. The van der Waals surface area contributed by atoms with Gasteiger partial charge in [0.25, 0.3) is 5.91 Å². The maximum atomic E-state index is 12.0. The molecule has 0 radical (unpaired) electrons. The third-order valence-electron chi connectivity index (χ3n) is 2.49. The minimum atomic E-state index is -0.152. The Morgan fingerprint density at radius 3 is 2.79 bits per heavy atom. The lowest BCUT2D eigenvalue weighted by Gasteiger charge is -2.10. The Labute approximate surface area is 113 Å². The number of nitrogens with two attached hydrogens (primary N) is 1. The average molecular weight is 266 g/mol. The van der Waals surface area contributed by atoms with Crippen LogP contribution in [-0.4, -0.2) is 30.1 Å². The highest BCUT2D eigenvalue weighted by atomic mass is 16.5. The molecular formula is C13H22N4O2. The van der Waals surface area contributed by atoms with Crippen molar-refractivity contribution in [1.29, 1.82) is 0 Å². The lowest BCUT2D eigenvalue weighted by molar-refractivity contribution is 0.0746. The van der Waals surface area contributed by atoms with Gasteiger partial charge in [-0.3, -0.25) is 4.79 Å². The highest BCUT2D eigenvalue weighted by Gasteiger charge is 2.08. The summed E-state index contributed by atoms with van der Waals surface area (Å²) >= 11 is 0. The zero-order chi connectivity index (χ0) is 14.3. The summed E-state index contributed by atoms with van der Waals surface area (Å²) < 4.78 is 5.36. The number of hydrogen-bond acceptors (Lipinski definition) is 5. The summed E-state index contributed by atoms with van der Waals surface area (Å²) in [5, 5.41) is 2.80. The summed E-state index contributed by atoms with van der Waals surface area (Å²) in [6.07, 6.45) is 0.907. The highest BCUT2D eigenvalue weighted by Crippen LogP contribution is 2.10. The molecule has 1 heterocycles. The number of hydrogen-bond donors (Lipinski definition) is 3. The number of nitrogens with one attached hydrogen (secondary N) is 2. The number of aromatic nitrogens is 1. The molecule has 1 aromatic rings. The van der Waals surface area contributed by atoms with Crippen molar-refractivity contribution in [2.75, 3.05) is 18.6 Å². The van der Waals surface area contributed by atoms with Crippen molar-refractivity contribution >= 4 is 11.7 Å². The van der Waals surface area contributed by atoms with Gasteiger partial charge in [-0.05, 0) is 32.4 Å². The van der Waals surface area contributed by atoms with E-state index in [-0.39, 0.29) is 12.0 Å². The standard InChI is InChI=1S/C13H22N4O2/c1-4-11-7-10(8-12(16-11)17-14)13(18)15-5-6-19-9(2)3/h7-9H,4-6,14H2,1-3H3,(H,15,18)(H,16,17). The van der Waals surface area contributed by atoms with E-state index in [9.17, 15) is 4.79 Å². The number of nitrogen functional groups attached to an aromatic ring is 1. The number of carbonyl (C=O) groups is 1. The van der Waals surface area contributed by atoms with Crippen LogP contribution < -0.4 is 16.6 Å². The van der Waals surface area contributed by atoms with Gasteiger partial charge in [0, 0.05) is 17.8 Å². The van der Waals surface area contributed by atoms with Gasteiger partial charge >= 0.3 is 0 Å². The first-order valence-electron chi connectivity index (χ1n) is 6.44. The minimum Gasteiger partial charge on any atom is -0.377 e. The number of amides is 1. The summed E-state index contributed by atoms with van der Waals surface area (Å²) in [4.78, 5) is 16.2. The summed E-state index contributed by atoms with van der Waals surface area (Å²) in [6, 6.07) is 3.39. The summed E-state index contributed by atoms with van der Waals surface area (Å²) in [5.74, 6) is 5.67. The number of anilines is 1. The molecule has 1 amide bonds.